The summed E-state index contributed by atoms with van der Waals surface area (Å²) >= 11 is 0. The average molecular weight is 592 g/mol. The fraction of sp³-hybridized carbons (Fsp3) is 0.800. The number of esters is 1. The number of carbonyl (C=O) groups is 6. The maximum absolute atomic E-state index is 14.2. The molecule has 0 aromatic carbocycles. The van der Waals surface area contributed by atoms with E-state index < -0.39 is 64.6 Å². The first-order chi connectivity index (χ1) is 19.6. The van der Waals surface area contributed by atoms with Crippen molar-refractivity contribution >= 4 is 35.5 Å². The Balaban J connectivity index is 1.83. The Morgan fingerprint density at radius 3 is 2.10 bits per heavy atom. The van der Waals surface area contributed by atoms with E-state index in [9.17, 15) is 28.8 Å². The van der Waals surface area contributed by atoms with E-state index in [1.54, 1.807) is 0 Å². The van der Waals surface area contributed by atoms with Crippen LogP contribution in [0.4, 0.5) is 4.79 Å². The largest absolute Gasteiger partial charge is 0.467 e. The topological polar surface area (TPSA) is 177 Å². The van der Waals surface area contributed by atoms with Gasteiger partial charge in [0.2, 0.25) is 17.6 Å². The van der Waals surface area contributed by atoms with Crippen LogP contribution in [0.3, 0.4) is 0 Å². The van der Waals surface area contributed by atoms with Gasteiger partial charge in [0.1, 0.15) is 17.6 Å². The van der Waals surface area contributed by atoms with Crippen LogP contribution in [-0.4, -0.2) is 77.7 Å². The summed E-state index contributed by atoms with van der Waals surface area (Å²) in [5.74, 6) is -3.32. The molecular formula is C30H49N5O7. The number of nitrogens with one attached hydrogen (secondary N) is 3. The second-order valence-electron chi connectivity index (χ2n) is 13.7. The number of rotatable bonds is 11. The lowest BCUT2D eigenvalue weighted by Crippen LogP contribution is -2.64. The van der Waals surface area contributed by atoms with Crippen molar-refractivity contribution in [2.24, 2.45) is 28.9 Å². The van der Waals surface area contributed by atoms with E-state index in [2.05, 4.69) is 16.0 Å². The van der Waals surface area contributed by atoms with Crippen molar-refractivity contribution in [1.82, 2.24) is 20.9 Å². The molecule has 0 aromatic heterocycles. The Bertz CT molecular complexity index is 1060. The Kier molecular flexibility index (Phi) is 10.6. The maximum atomic E-state index is 14.2. The standard InChI is InChI=1S/C30H49N5O7/c1-17(2)19-12-15-35(21(19)25(38)32-20(16-18-10-11-18)22(36)24(31)37)26(39)23(29(3,4)5)33-28(41)34-30(27(40)42-6)13-8-7-9-14-30/h17-21,23H,7-16H2,1-6H3,(H2,31,37)(H,32,38)(H2,33,34,41)/t19-,20?,21+,23-/m1/s1. The van der Waals surface area contributed by atoms with E-state index in [1.807, 2.05) is 34.6 Å². The molecule has 4 atom stereocenters. The Morgan fingerprint density at radius 1 is 0.976 bits per heavy atom. The van der Waals surface area contributed by atoms with Crippen molar-refractivity contribution in [2.75, 3.05) is 13.7 Å². The van der Waals surface area contributed by atoms with Gasteiger partial charge >= 0.3 is 12.0 Å². The number of amides is 5. The first-order valence-electron chi connectivity index (χ1n) is 15.2. The number of ketones is 1. The first-order valence-corrected chi connectivity index (χ1v) is 15.2. The van der Waals surface area contributed by atoms with E-state index in [-0.39, 0.29) is 17.8 Å². The second-order valence-corrected chi connectivity index (χ2v) is 13.7. The zero-order valence-electron chi connectivity index (χ0n) is 25.9. The Hall–Kier alpha value is -3.18. The molecule has 1 saturated heterocycles. The van der Waals surface area contributed by atoms with Crippen LogP contribution in [0.5, 0.6) is 0 Å². The number of nitrogens with zero attached hydrogens (tertiary/aromatic N) is 1. The van der Waals surface area contributed by atoms with Crippen molar-refractivity contribution in [2.45, 2.75) is 116 Å². The summed E-state index contributed by atoms with van der Waals surface area (Å²) in [5, 5.41) is 8.35. The number of urea groups is 1. The molecule has 3 fully saturated rings. The van der Waals surface area contributed by atoms with Crippen LogP contribution >= 0.6 is 0 Å². The predicted molar refractivity (Wildman–Crippen MR) is 155 cm³/mol. The summed E-state index contributed by atoms with van der Waals surface area (Å²) in [5.41, 5.74) is 3.37. The highest BCUT2D eigenvalue weighted by atomic mass is 16.5. The zero-order chi connectivity index (χ0) is 31.4. The molecule has 1 aliphatic heterocycles. The molecule has 5 N–H and O–H groups in total. The van der Waals surface area contributed by atoms with E-state index >= 15 is 0 Å². The molecule has 2 saturated carbocycles. The molecule has 0 radical (unpaired) electrons. The number of hydrogen-bond donors (Lipinski definition) is 4. The molecule has 0 spiro atoms. The van der Waals surface area contributed by atoms with Gasteiger partial charge in [-0.1, -0.05) is 66.7 Å². The zero-order valence-corrected chi connectivity index (χ0v) is 25.9. The third kappa shape index (κ3) is 7.80. The maximum Gasteiger partial charge on any atom is 0.331 e. The fourth-order valence-electron chi connectivity index (χ4n) is 6.37. The molecule has 12 heteroatoms. The van der Waals surface area contributed by atoms with Crippen LogP contribution in [0.1, 0.15) is 92.4 Å². The molecule has 5 amide bonds. The van der Waals surface area contributed by atoms with E-state index in [1.165, 1.54) is 12.0 Å². The number of methoxy groups -OCH3 is 1. The van der Waals surface area contributed by atoms with Crippen molar-refractivity contribution in [3.05, 3.63) is 0 Å². The molecule has 42 heavy (non-hydrogen) atoms. The molecule has 3 rings (SSSR count). The summed E-state index contributed by atoms with van der Waals surface area (Å²) < 4.78 is 5.01. The van der Waals surface area contributed by atoms with E-state index in [4.69, 9.17) is 10.5 Å². The highest BCUT2D eigenvalue weighted by Crippen LogP contribution is 2.36. The van der Waals surface area contributed by atoms with Gasteiger partial charge in [0.15, 0.2) is 0 Å². The predicted octanol–water partition coefficient (Wildman–Crippen LogP) is 1.79. The number of hydrogen-bond acceptors (Lipinski definition) is 7. The van der Waals surface area contributed by atoms with Gasteiger partial charge in [-0.3, -0.25) is 19.2 Å². The van der Waals surface area contributed by atoms with Crippen molar-refractivity contribution in [3.8, 4) is 0 Å². The van der Waals surface area contributed by atoms with Crippen LogP contribution in [-0.2, 0) is 28.7 Å². The molecule has 0 aromatic rings. The molecule has 2 aliphatic carbocycles. The Morgan fingerprint density at radius 2 is 1.60 bits per heavy atom. The Labute approximate surface area is 248 Å². The van der Waals surface area contributed by atoms with Crippen LogP contribution in [0, 0.1) is 23.2 Å². The van der Waals surface area contributed by atoms with Gasteiger partial charge in [0.05, 0.1) is 13.2 Å². The van der Waals surface area contributed by atoms with Gasteiger partial charge < -0.3 is 31.3 Å². The van der Waals surface area contributed by atoms with E-state index in [0.29, 0.717) is 32.2 Å². The third-order valence-corrected chi connectivity index (χ3v) is 9.02. The lowest BCUT2D eigenvalue weighted by Gasteiger charge is -2.39. The number of nitrogens with two attached hydrogens (primary N) is 1. The lowest BCUT2D eigenvalue weighted by molar-refractivity contribution is -0.149. The summed E-state index contributed by atoms with van der Waals surface area (Å²) in [4.78, 5) is 79.7. The SMILES string of the molecule is COC(=O)C1(NC(=O)N[C@H](C(=O)N2CC[C@H](C(C)C)[C@H]2C(=O)NC(CC2CC2)C(=O)C(N)=O)C(C)(C)C)CCCCC1. The minimum Gasteiger partial charge on any atom is -0.467 e. The minimum absolute atomic E-state index is 0.0443. The monoisotopic (exact) mass is 591 g/mol. The molecule has 12 nitrogen and oxygen atoms in total. The number of ether oxygens (including phenoxy) is 1. The van der Waals surface area contributed by atoms with Crippen molar-refractivity contribution in [3.63, 3.8) is 0 Å². The van der Waals surface area contributed by atoms with Crippen LogP contribution in [0.25, 0.3) is 0 Å². The summed E-state index contributed by atoms with van der Waals surface area (Å²) in [7, 11) is 1.29. The van der Waals surface area contributed by atoms with Gasteiger partial charge in [-0.25, -0.2) is 9.59 Å². The second kappa shape index (κ2) is 13.4. The summed E-state index contributed by atoms with van der Waals surface area (Å²) in [6.45, 7) is 9.67. The molecular weight excluding hydrogens is 542 g/mol. The van der Waals surface area contributed by atoms with Gasteiger partial charge in [-0.2, -0.15) is 0 Å². The molecule has 1 heterocycles. The highest BCUT2D eigenvalue weighted by molar-refractivity contribution is 6.37. The normalized spacial score (nSPS) is 23.5. The molecule has 0 bridgehead atoms. The highest BCUT2D eigenvalue weighted by Gasteiger charge is 2.49. The molecule has 236 valence electrons. The number of Topliss-reactive ketones (excluding diaryl/α,β-unsaturated/α-hetero) is 1. The van der Waals surface area contributed by atoms with E-state index in [0.717, 1.165) is 32.1 Å². The number of carbonyl (C=O) groups excluding carboxylic acids is 6. The minimum atomic E-state index is -1.16. The van der Waals surface area contributed by atoms with Crippen LogP contribution in [0.15, 0.2) is 0 Å². The average Bonchev–Trinajstić information content (AvgIpc) is 3.62. The first kappa shape index (κ1) is 33.3. The lowest BCUT2D eigenvalue weighted by atomic mass is 9.81. The van der Waals surface area contributed by atoms with Gasteiger partial charge in [0, 0.05) is 6.54 Å². The van der Waals surface area contributed by atoms with Crippen LogP contribution in [0.2, 0.25) is 0 Å². The fourth-order valence-corrected chi connectivity index (χ4v) is 6.37. The number of primary amides is 1. The third-order valence-electron chi connectivity index (χ3n) is 9.02. The quantitative estimate of drug-likeness (QED) is 0.209. The molecule has 3 aliphatic rings. The van der Waals surface area contributed by atoms with Gasteiger partial charge in [0.25, 0.3) is 5.91 Å². The van der Waals surface area contributed by atoms with Gasteiger partial charge in [-0.05, 0) is 48.9 Å². The summed E-state index contributed by atoms with van der Waals surface area (Å²) in [6, 6.07) is -3.62. The summed E-state index contributed by atoms with van der Waals surface area (Å²) in [6.07, 6.45) is 6.08. The van der Waals surface area contributed by atoms with Crippen molar-refractivity contribution < 1.29 is 33.5 Å². The molecule has 1 unspecified atom stereocenters. The number of likely N-dealkylation sites (tertiary alicyclic amines) is 1. The smallest absolute Gasteiger partial charge is 0.331 e. The van der Waals surface area contributed by atoms with Crippen LogP contribution < -0.4 is 21.7 Å². The van der Waals surface area contributed by atoms with Gasteiger partial charge in [-0.15, -0.1) is 0 Å². The van der Waals surface area contributed by atoms with Crippen molar-refractivity contribution in [1.29, 1.82) is 0 Å².